The predicted octanol–water partition coefficient (Wildman–Crippen LogP) is 5.21. The van der Waals surface area contributed by atoms with Crippen molar-refractivity contribution >= 4 is 34.3 Å². The Kier molecular flexibility index (Phi) is 5.77. The number of ether oxygens (including phenoxy) is 1. The molecule has 35 heavy (non-hydrogen) atoms. The molecule has 2 aromatic carbocycles. The number of nitrogens with zero attached hydrogens (tertiary/aromatic N) is 2. The number of para-hydroxylation sites is 1. The summed E-state index contributed by atoms with van der Waals surface area (Å²) in [6.45, 7) is 1.65. The average Bonchev–Trinajstić information content (AvgIpc) is 3.28. The zero-order chi connectivity index (χ0) is 24.6. The molecule has 0 aliphatic carbocycles. The second-order valence-corrected chi connectivity index (χ2v) is 8.04. The number of hydrogen-bond donors (Lipinski definition) is 4. The largest absolute Gasteiger partial charge is 0.453 e. The van der Waals surface area contributed by atoms with E-state index in [1.165, 1.54) is 24.4 Å². The summed E-state index contributed by atoms with van der Waals surface area (Å²) in [4.78, 5) is 22.8. The van der Waals surface area contributed by atoms with Crippen molar-refractivity contribution in [3.8, 4) is 11.3 Å². The molecule has 0 fully saturated rings. The van der Waals surface area contributed by atoms with Crippen LogP contribution in [0.5, 0.6) is 0 Å². The van der Waals surface area contributed by atoms with E-state index < -0.39 is 17.8 Å². The van der Waals surface area contributed by atoms with Crippen molar-refractivity contribution in [3.05, 3.63) is 65.5 Å². The highest BCUT2D eigenvalue weighted by Gasteiger charge is 2.36. The first kappa shape index (κ1) is 22.7. The van der Waals surface area contributed by atoms with Crippen molar-refractivity contribution in [1.29, 1.82) is 0 Å². The van der Waals surface area contributed by atoms with Crippen molar-refractivity contribution in [3.63, 3.8) is 0 Å². The van der Waals surface area contributed by atoms with Gasteiger partial charge < -0.3 is 20.4 Å². The molecule has 1 aliphatic rings. The fourth-order valence-corrected chi connectivity index (χ4v) is 4.15. The van der Waals surface area contributed by atoms with Crippen LogP contribution in [0.3, 0.4) is 0 Å². The molecule has 0 spiro atoms. The molecule has 1 amide bonds. The number of nitrogens with one attached hydrogen (secondary N) is 4. The van der Waals surface area contributed by atoms with Gasteiger partial charge in [-0.2, -0.15) is 13.2 Å². The van der Waals surface area contributed by atoms with Gasteiger partial charge in [0.1, 0.15) is 5.56 Å². The quantitative estimate of drug-likeness (QED) is 0.318. The lowest BCUT2D eigenvalue weighted by atomic mass is 10.0. The maximum atomic E-state index is 13.9. The lowest BCUT2D eigenvalue weighted by Gasteiger charge is -2.18. The summed E-state index contributed by atoms with van der Waals surface area (Å²) in [7, 11) is 1.22. The van der Waals surface area contributed by atoms with E-state index in [1.54, 1.807) is 18.2 Å². The summed E-state index contributed by atoms with van der Waals surface area (Å²) >= 11 is 0. The van der Waals surface area contributed by atoms with Crippen LogP contribution >= 0.6 is 0 Å². The molecule has 4 aromatic rings. The summed E-state index contributed by atoms with van der Waals surface area (Å²) in [5.41, 5.74) is 2.84. The maximum absolute atomic E-state index is 13.9. The second kappa shape index (κ2) is 8.91. The van der Waals surface area contributed by atoms with Crippen LogP contribution in [-0.4, -0.2) is 34.7 Å². The number of amides is 1. The molecule has 2 aromatic heterocycles. The molecule has 4 N–H and O–H groups in total. The third-order valence-corrected chi connectivity index (χ3v) is 5.84. The maximum Gasteiger partial charge on any atom is 0.419 e. The lowest BCUT2D eigenvalue weighted by molar-refractivity contribution is -0.137. The lowest BCUT2D eigenvalue weighted by Crippen LogP contribution is -2.23. The number of H-pyrrole nitrogens is 1. The fourth-order valence-electron chi connectivity index (χ4n) is 4.15. The highest BCUT2D eigenvalue weighted by atomic mass is 19.4. The Balaban J connectivity index is 1.56. The first-order valence-corrected chi connectivity index (χ1v) is 10.8. The number of fused-ring (bicyclic) bond motifs is 2. The van der Waals surface area contributed by atoms with Crippen LogP contribution in [0.2, 0.25) is 0 Å². The van der Waals surface area contributed by atoms with Crippen LogP contribution in [0.25, 0.3) is 22.2 Å². The summed E-state index contributed by atoms with van der Waals surface area (Å²) in [6, 6.07) is 10.7. The molecular weight excluding hydrogens is 461 g/mol. The molecule has 0 atom stereocenters. The smallest absolute Gasteiger partial charge is 0.419 e. The highest BCUT2D eigenvalue weighted by molar-refractivity contribution is 6.04. The number of halogens is 3. The second-order valence-electron chi connectivity index (χ2n) is 8.04. The van der Waals surface area contributed by atoms with Crippen LogP contribution in [0.4, 0.5) is 35.3 Å². The Morgan fingerprint density at radius 1 is 1.17 bits per heavy atom. The molecular formula is C24H21F3N6O2. The monoisotopic (exact) mass is 482 g/mol. The molecule has 8 nitrogen and oxygen atoms in total. The Morgan fingerprint density at radius 3 is 2.83 bits per heavy atom. The van der Waals surface area contributed by atoms with Gasteiger partial charge in [0.25, 0.3) is 0 Å². The van der Waals surface area contributed by atoms with Gasteiger partial charge in [0, 0.05) is 35.6 Å². The zero-order valence-electron chi connectivity index (χ0n) is 18.6. The van der Waals surface area contributed by atoms with Crippen LogP contribution < -0.4 is 16.0 Å². The van der Waals surface area contributed by atoms with Crippen LogP contribution in [0, 0.1) is 0 Å². The summed E-state index contributed by atoms with van der Waals surface area (Å²) in [6.07, 6.45) is -2.29. The van der Waals surface area contributed by atoms with E-state index in [9.17, 15) is 18.0 Å². The number of carbonyl (C=O) groups excluding carboxylic acids is 1. The van der Waals surface area contributed by atoms with Crippen molar-refractivity contribution in [2.75, 3.05) is 24.3 Å². The van der Waals surface area contributed by atoms with Gasteiger partial charge in [-0.05, 0) is 42.3 Å². The Bertz CT molecular complexity index is 1420. The van der Waals surface area contributed by atoms with Gasteiger partial charge in [-0.1, -0.05) is 18.2 Å². The Morgan fingerprint density at radius 2 is 2.03 bits per heavy atom. The molecule has 3 heterocycles. The number of rotatable bonds is 4. The average molecular weight is 482 g/mol. The fraction of sp³-hybridized carbons (Fsp3) is 0.208. The minimum absolute atomic E-state index is 0.0417. The van der Waals surface area contributed by atoms with Crippen LogP contribution in [-0.2, 0) is 23.9 Å². The minimum atomic E-state index is -4.67. The number of aromatic amines is 1. The Hall–Kier alpha value is -4.12. The first-order chi connectivity index (χ1) is 16.8. The van der Waals surface area contributed by atoms with Gasteiger partial charge in [-0.15, -0.1) is 0 Å². The van der Waals surface area contributed by atoms with E-state index in [4.69, 9.17) is 0 Å². The molecule has 1 aliphatic heterocycles. The predicted molar refractivity (Wildman–Crippen MR) is 125 cm³/mol. The third kappa shape index (κ3) is 4.50. The summed E-state index contributed by atoms with van der Waals surface area (Å²) in [5, 5.41) is 9.34. The van der Waals surface area contributed by atoms with E-state index in [0.29, 0.717) is 22.3 Å². The normalized spacial score (nSPS) is 13.4. The first-order valence-electron chi connectivity index (χ1n) is 10.8. The van der Waals surface area contributed by atoms with E-state index in [1.807, 2.05) is 18.2 Å². The number of benzene rings is 2. The number of carbonyl (C=O) groups is 1. The molecule has 0 bridgehead atoms. The summed E-state index contributed by atoms with van der Waals surface area (Å²) in [5.74, 6) is 0.0417. The van der Waals surface area contributed by atoms with Crippen molar-refractivity contribution < 1.29 is 22.7 Å². The summed E-state index contributed by atoms with van der Waals surface area (Å²) < 4.78 is 46.3. The number of aromatic nitrogens is 3. The van der Waals surface area contributed by atoms with Crippen molar-refractivity contribution in [2.45, 2.75) is 19.1 Å². The Labute approximate surface area is 197 Å². The van der Waals surface area contributed by atoms with E-state index in [-0.39, 0.29) is 17.2 Å². The van der Waals surface area contributed by atoms with Gasteiger partial charge in [-0.3, -0.25) is 5.32 Å². The molecule has 0 unspecified atom stereocenters. The molecule has 11 heteroatoms. The topological polar surface area (TPSA) is 104 Å². The molecule has 0 saturated carbocycles. The van der Waals surface area contributed by atoms with Gasteiger partial charge >= 0.3 is 12.3 Å². The highest BCUT2D eigenvalue weighted by Crippen LogP contribution is 2.40. The van der Waals surface area contributed by atoms with Crippen LogP contribution in [0.1, 0.15) is 16.7 Å². The van der Waals surface area contributed by atoms with E-state index >= 15 is 0 Å². The zero-order valence-corrected chi connectivity index (χ0v) is 18.6. The van der Waals surface area contributed by atoms with Gasteiger partial charge in [-0.25, -0.2) is 14.8 Å². The number of anilines is 3. The molecule has 180 valence electrons. The number of alkyl halides is 3. The molecule has 0 saturated heterocycles. The molecule has 5 rings (SSSR count). The SMILES string of the molecule is COC(=O)Nc1cccc2c(-c3nc(Nc4ccc5c(c4)CCNC5)ncc3C(F)(F)F)c[nH]c12. The minimum Gasteiger partial charge on any atom is -0.453 e. The third-order valence-electron chi connectivity index (χ3n) is 5.84. The van der Waals surface area contributed by atoms with Crippen molar-refractivity contribution in [2.24, 2.45) is 0 Å². The van der Waals surface area contributed by atoms with Gasteiger partial charge in [0.05, 0.1) is 24.0 Å². The van der Waals surface area contributed by atoms with E-state index in [0.717, 1.165) is 25.7 Å². The van der Waals surface area contributed by atoms with Gasteiger partial charge in [0.15, 0.2) is 0 Å². The van der Waals surface area contributed by atoms with E-state index in [2.05, 4.69) is 35.6 Å². The molecule has 0 radical (unpaired) electrons. The number of hydrogen-bond acceptors (Lipinski definition) is 6. The number of methoxy groups -OCH3 is 1. The van der Waals surface area contributed by atoms with Crippen LogP contribution in [0.15, 0.2) is 48.8 Å². The van der Waals surface area contributed by atoms with Crippen molar-refractivity contribution in [1.82, 2.24) is 20.3 Å². The standard InChI is InChI=1S/C24H21F3N6O2/c1-35-23(34)32-19-4-2-3-16-17(11-29-21(16)19)20-18(24(25,26)27)12-30-22(33-20)31-15-6-5-14-10-28-8-7-13(14)9-15/h2-6,9,11-12,28-29H,7-8,10H2,1H3,(H,32,34)(H,30,31,33). The van der Waals surface area contributed by atoms with Gasteiger partial charge in [0.2, 0.25) is 5.95 Å².